The van der Waals surface area contributed by atoms with Gasteiger partial charge in [0, 0.05) is 11.0 Å². The van der Waals surface area contributed by atoms with Crippen molar-refractivity contribution in [3.05, 3.63) is 34.1 Å². The molecule has 1 fully saturated rings. The highest BCUT2D eigenvalue weighted by molar-refractivity contribution is 9.10. The summed E-state index contributed by atoms with van der Waals surface area (Å²) >= 11 is 3.21. The Labute approximate surface area is 112 Å². The molecular weight excluding hydrogens is 303 g/mol. The second-order valence-corrected chi connectivity index (χ2v) is 5.19. The number of amides is 2. The number of carbonyl (C=O) groups excluding carboxylic acids is 2. The van der Waals surface area contributed by atoms with E-state index in [0.29, 0.717) is 11.0 Å². The molecular formula is C12H12BrFN2O2. The Morgan fingerprint density at radius 1 is 1.44 bits per heavy atom. The number of rotatable bonds is 2. The number of benzene rings is 1. The normalized spacial score (nSPS) is 20.9. The first-order chi connectivity index (χ1) is 8.45. The van der Waals surface area contributed by atoms with E-state index in [1.165, 1.54) is 12.1 Å². The molecule has 0 aromatic heterocycles. The molecule has 1 aliphatic heterocycles. The van der Waals surface area contributed by atoms with Gasteiger partial charge in [0.25, 0.3) is 0 Å². The Morgan fingerprint density at radius 3 is 2.83 bits per heavy atom. The second-order valence-electron chi connectivity index (χ2n) is 4.27. The zero-order valence-electron chi connectivity index (χ0n) is 9.74. The van der Waals surface area contributed by atoms with Crippen LogP contribution in [0.4, 0.5) is 4.39 Å². The quantitative estimate of drug-likeness (QED) is 0.840. The number of piperazine rings is 1. The SMILES string of the molecule is CC1C(=O)NC(=O)CN1Cc1cc(F)cc(Br)c1. The van der Waals surface area contributed by atoms with Gasteiger partial charge in [0.1, 0.15) is 5.82 Å². The fourth-order valence-electron chi connectivity index (χ4n) is 1.90. The molecule has 0 spiro atoms. The molecule has 0 radical (unpaired) electrons. The molecule has 0 saturated carbocycles. The Hall–Kier alpha value is -1.27. The van der Waals surface area contributed by atoms with Crippen molar-refractivity contribution in [3.8, 4) is 0 Å². The van der Waals surface area contributed by atoms with Crippen molar-refractivity contribution < 1.29 is 14.0 Å². The third-order valence-electron chi connectivity index (χ3n) is 2.84. The van der Waals surface area contributed by atoms with Crippen molar-refractivity contribution in [1.29, 1.82) is 0 Å². The van der Waals surface area contributed by atoms with Crippen LogP contribution in [-0.2, 0) is 16.1 Å². The molecule has 1 aromatic carbocycles. The number of nitrogens with zero attached hydrogens (tertiary/aromatic N) is 1. The van der Waals surface area contributed by atoms with Crippen LogP contribution in [-0.4, -0.2) is 29.3 Å². The van der Waals surface area contributed by atoms with Crippen LogP contribution in [0.1, 0.15) is 12.5 Å². The van der Waals surface area contributed by atoms with Crippen LogP contribution in [0.3, 0.4) is 0 Å². The van der Waals surface area contributed by atoms with E-state index < -0.39 is 6.04 Å². The number of imide groups is 1. The van der Waals surface area contributed by atoms with Gasteiger partial charge in [-0.15, -0.1) is 0 Å². The lowest BCUT2D eigenvalue weighted by molar-refractivity contribution is -0.139. The van der Waals surface area contributed by atoms with Crippen LogP contribution < -0.4 is 5.32 Å². The summed E-state index contributed by atoms with van der Waals surface area (Å²) in [5.41, 5.74) is 0.719. The predicted octanol–water partition coefficient (Wildman–Crippen LogP) is 1.44. The topological polar surface area (TPSA) is 49.4 Å². The number of hydrogen-bond donors (Lipinski definition) is 1. The zero-order chi connectivity index (χ0) is 13.3. The highest BCUT2D eigenvalue weighted by Gasteiger charge is 2.30. The van der Waals surface area contributed by atoms with Crippen LogP contribution in [0.5, 0.6) is 0 Å². The largest absolute Gasteiger partial charge is 0.294 e. The van der Waals surface area contributed by atoms with Gasteiger partial charge in [-0.2, -0.15) is 0 Å². The lowest BCUT2D eigenvalue weighted by Gasteiger charge is -2.31. The number of nitrogens with one attached hydrogen (secondary N) is 1. The van der Waals surface area contributed by atoms with Crippen molar-refractivity contribution in [2.75, 3.05) is 6.54 Å². The maximum atomic E-state index is 13.2. The van der Waals surface area contributed by atoms with Crippen molar-refractivity contribution in [2.45, 2.75) is 19.5 Å². The van der Waals surface area contributed by atoms with Crippen molar-refractivity contribution in [2.24, 2.45) is 0 Å². The summed E-state index contributed by atoms with van der Waals surface area (Å²) in [6.07, 6.45) is 0. The van der Waals surface area contributed by atoms with E-state index in [1.54, 1.807) is 17.9 Å². The summed E-state index contributed by atoms with van der Waals surface area (Å²) in [5.74, 6) is -0.991. The summed E-state index contributed by atoms with van der Waals surface area (Å²) in [5, 5.41) is 2.26. The average molecular weight is 315 g/mol. The van der Waals surface area contributed by atoms with Gasteiger partial charge in [-0.05, 0) is 30.7 Å². The molecule has 0 aliphatic carbocycles. The standard InChI is InChI=1S/C12H12BrFN2O2/c1-7-12(18)15-11(17)6-16(7)5-8-2-9(13)4-10(14)3-8/h2-4,7H,5-6H2,1H3,(H,15,17,18). The van der Waals surface area contributed by atoms with Crippen LogP contribution in [0.15, 0.2) is 22.7 Å². The van der Waals surface area contributed by atoms with Crippen molar-refractivity contribution in [1.82, 2.24) is 10.2 Å². The molecule has 0 bridgehead atoms. The first-order valence-electron chi connectivity index (χ1n) is 5.48. The van der Waals surface area contributed by atoms with Gasteiger partial charge in [-0.3, -0.25) is 19.8 Å². The minimum atomic E-state index is -0.398. The minimum absolute atomic E-state index is 0.140. The Bertz CT molecular complexity index is 487. The van der Waals surface area contributed by atoms with E-state index in [4.69, 9.17) is 0 Å². The van der Waals surface area contributed by atoms with E-state index in [-0.39, 0.29) is 24.2 Å². The smallest absolute Gasteiger partial charge is 0.243 e. The van der Waals surface area contributed by atoms with Gasteiger partial charge >= 0.3 is 0 Å². The van der Waals surface area contributed by atoms with E-state index >= 15 is 0 Å². The molecule has 1 unspecified atom stereocenters. The summed E-state index contributed by atoms with van der Waals surface area (Å²) in [6.45, 7) is 2.22. The maximum absolute atomic E-state index is 13.2. The highest BCUT2D eigenvalue weighted by atomic mass is 79.9. The molecule has 1 saturated heterocycles. The zero-order valence-corrected chi connectivity index (χ0v) is 11.3. The third-order valence-corrected chi connectivity index (χ3v) is 3.30. The molecule has 18 heavy (non-hydrogen) atoms. The Kier molecular flexibility index (Phi) is 3.77. The molecule has 1 heterocycles. The second kappa shape index (κ2) is 5.16. The molecule has 1 aliphatic rings. The van der Waals surface area contributed by atoms with Crippen molar-refractivity contribution >= 4 is 27.7 Å². The minimum Gasteiger partial charge on any atom is -0.294 e. The van der Waals surface area contributed by atoms with E-state index in [0.717, 1.165) is 5.56 Å². The predicted molar refractivity (Wildman–Crippen MR) is 67.1 cm³/mol. The Morgan fingerprint density at radius 2 is 2.17 bits per heavy atom. The lowest BCUT2D eigenvalue weighted by Crippen LogP contribution is -2.56. The first-order valence-corrected chi connectivity index (χ1v) is 6.28. The van der Waals surface area contributed by atoms with Gasteiger partial charge in [-0.25, -0.2) is 4.39 Å². The van der Waals surface area contributed by atoms with Crippen LogP contribution in [0, 0.1) is 5.82 Å². The van der Waals surface area contributed by atoms with E-state index in [1.807, 2.05) is 0 Å². The molecule has 2 rings (SSSR count). The molecule has 6 heteroatoms. The van der Waals surface area contributed by atoms with Gasteiger partial charge in [-0.1, -0.05) is 15.9 Å². The van der Waals surface area contributed by atoms with Gasteiger partial charge in [0.05, 0.1) is 12.6 Å². The first kappa shape index (κ1) is 13.2. The third kappa shape index (κ3) is 2.94. The summed E-state index contributed by atoms with van der Waals surface area (Å²) in [7, 11) is 0. The fourth-order valence-corrected chi connectivity index (χ4v) is 2.41. The molecule has 2 amide bonds. The summed E-state index contributed by atoms with van der Waals surface area (Å²) in [6, 6.07) is 4.13. The summed E-state index contributed by atoms with van der Waals surface area (Å²) < 4.78 is 13.9. The number of hydrogen-bond acceptors (Lipinski definition) is 3. The average Bonchev–Trinajstić information content (AvgIpc) is 2.23. The van der Waals surface area contributed by atoms with Gasteiger partial charge in [0.2, 0.25) is 11.8 Å². The molecule has 96 valence electrons. The monoisotopic (exact) mass is 314 g/mol. The van der Waals surface area contributed by atoms with Crippen LogP contribution in [0.25, 0.3) is 0 Å². The molecule has 4 nitrogen and oxygen atoms in total. The Balaban J connectivity index is 2.17. The van der Waals surface area contributed by atoms with Crippen LogP contribution in [0.2, 0.25) is 0 Å². The van der Waals surface area contributed by atoms with E-state index in [2.05, 4.69) is 21.2 Å². The van der Waals surface area contributed by atoms with Gasteiger partial charge < -0.3 is 0 Å². The fraction of sp³-hybridized carbons (Fsp3) is 0.333. The molecule has 1 N–H and O–H groups in total. The van der Waals surface area contributed by atoms with Crippen molar-refractivity contribution in [3.63, 3.8) is 0 Å². The number of halogens is 2. The lowest BCUT2D eigenvalue weighted by atomic mass is 10.1. The van der Waals surface area contributed by atoms with Crippen LogP contribution >= 0.6 is 15.9 Å². The van der Waals surface area contributed by atoms with Gasteiger partial charge in [0.15, 0.2) is 0 Å². The summed E-state index contributed by atoms with van der Waals surface area (Å²) in [4.78, 5) is 24.5. The van der Waals surface area contributed by atoms with E-state index in [9.17, 15) is 14.0 Å². The number of carbonyl (C=O) groups is 2. The molecule has 1 atom stereocenters. The maximum Gasteiger partial charge on any atom is 0.243 e. The molecule has 1 aromatic rings. The highest BCUT2D eigenvalue weighted by Crippen LogP contribution is 2.18.